The molecule has 33 heavy (non-hydrogen) atoms. The largest absolute Gasteiger partial charge is 0.335 e. The van der Waals surface area contributed by atoms with E-state index in [0.717, 1.165) is 27.6 Å². The van der Waals surface area contributed by atoms with Gasteiger partial charge in [-0.05, 0) is 41.8 Å². The van der Waals surface area contributed by atoms with Crippen molar-refractivity contribution in [2.75, 3.05) is 26.2 Å². The van der Waals surface area contributed by atoms with Gasteiger partial charge in [0.2, 0.25) is 0 Å². The highest BCUT2D eigenvalue weighted by Gasteiger charge is 2.32. The molecule has 1 saturated heterocycles. The van der Waals surface area contributed by atoms with E-state index in [4.69, 9.17) is 16.7 Å². The molecule has 0 radical (unpaired) electrons. The number of carbonyl (C=O) groups excluding carboxylic acids is 1. The van der Waals surface area contributed by atoms with Gasteiger partial charge in [-0.25, -0.2) is 13.1 Å². The van der Waals surface area contributed by atoms with Gasteiger partial charge in [-0.2, -0.15) is 9.40 Å². The van der Waals surface area contributed by atoms with Crippen molar-refractivity contribution < 1.29 is 13.2 Å². The van der Waals surface area contributed by atoms with Crippen LogP contribution in [-0.4, -0.2) is 59.5 Å². The predicted octanol–water partition coefficient (Wildman–Crippen LogP) is 4.46. The molecule has 5 rings (SSSR count). The molecule has 0 saturated carbocycles. The van der Waals surface area contributed by atoms with E-state index >= 15 is 0 Å². The molecule has 0 bridgehead atoms. The average Bonchev–Trinajstić information content (AvgIpc) is 3.60. The zero-order valence-electron chi connectivity index (χ0n) is 17.3. The number of para-hydroxylation sites is 1. The molecule has 1 aliphatic heterocycles. The number of amides is 1. The van der Waals surface area contributed by atoms with Crippen LogP contribution in [0.4, 0.5) is 0 Å². The van der Waals surface area contributed by atoms with E-state index in [2.05, 4.69) is 0 Å². The molecular weight excluding hydrogens is 500 g/mol. The predicted molar refractivity (Wildman–Crippen MR) is 131 cm³/mol. The van der Waals surface area contributed by atoms with E-state index in [-0.39, 0.29) is 23.2 Å². The molecule has 0 N–H and O–H groups in total. The molecule has 1 amide bonds. The van der Waals surface area contributed by atoms with Crippen molar-refractivity contribution in [3.05, 3.63) is 76.1 Å². The van der Waals surface area contributed by atoms with Gasteiger partial charge in [0.15, 0.2) is 0 Å². The number of benzene rings is 1. The van der Waals surface area contributed by atoms with Gasteiger partial charge >= 0.3 is 0 Å². The summed E-state index contributed by atoms with van der Waals surface area (Å²) in [6, 6.07) is 18.3. The molecule has 1 aliphatic rings. The van der Waals surface area contributed by atoms with Gasteiger partial charge in [-0.3, -0.25) is 4.79 Å². The number of rotatable bonds is 5. The fourth-order valence-electron chi connectivity index (χ4n) is 3.70. The number of piperazine rings is 1. The molecule has 0 spiro atoms. The minimum absolute atomic E-state index is 0.176. The van der Waals surface area contributed by atoms with Crippen LogP contribution in [-0.2, 0) is 10.0 Å². The summed E-state index contributed by atoms with van der Waals surface area (Å²) in [6.07, 6.45) is 0. The molecular formula is C22H19ClN4O3S3. The smallest absolute Gasteiger partial charge is 0.272 e. The molecule has 7 nitrogen and oxygen atoms in total. The lowest BCUT2D eigenvalue weighted by Crippen LogP contribution is -2.50. The average molecular weight is 519 g/mol. The second-order valence-corrected chi connectivity index (χ2v) is 12.2. The lowest BCUT2D eigenvalue weighted by atomic mass is 10.2. The van der Waals surface area contributed by atoms with Crippen LogP contribution in [0.1, 0.15) is 10.5 Å². The van der Waals surface area contributed by atoms with Crippen molar-refractivity contribution >= 4 is 50.2 Å². The molecule has 0 atom stereocenters. The molecule has 4 aromatic rings. The number of carbonyl (C=O) groups is 1. The fourth-order valence-corrected chi connectivity index (χ4v) is 7.44. The Morgan fingerprint density at radius 1 is 0.970 bits per heavy atom. The van der Waals surface area contributed by atoms with E-state index < -0.39 is 10.0 Å². The number of thiophene rings is 2. The van der Waals surface area contributed by atoms with Crippen LogP contribution in [0, 0.1) is 0 Å². The molecule has 1 fully saturated rings. The zero-order valence-corrected chi connectivity index (χ0v) is 20.5. The Morgan fingerprint density at radius 3 is 2.36 bits per heavy atom. The van der Waals surface area contributed by atoms with Crippen LogP contribution >= 0.6 is 34.3 Å². The number of hydrogen-bond acceptors (Lipinski definition) is 6. The Kier molecular flexibility index (Phi) is 6.11. The lowest BCUT2D eigenvalue weighted by molar-refractivity contribution is 0.0689. The van der Waals surface area contributed by atoms with Gasteiger partial charge in [-0.1, -0.05) is 35.9 Å². The van der Waals surface area contributed by atoms with Crippen LogP contribution in [0.15, 0.2) is 70.3 Å². The minimum Gasteiger partial charge on any atom is -0.335 e. The Balaban J connectivity index is 1.39. The summed E-state index contributed by atoms with van der Waals surface area (Å²) in [5.74, 6) is -0.176. The summed E-state index contributed by atoms with van der Waals surface area (Å²) in [5.41, 5.74) is 1.97. The highest BCUT2D eigenvalue weighted by molar-refractivity contribution is 7.91. The first-order valence-electron chi connectivity index (χ1n) is 10.2. The van der Waals surface area contributed by atoms with Gasteiger partial charge in [0.05, 0.1) is 14.9 Å². The number of hydrogen-bond donors (Lipinski definition) is 0. The zero-order chi connectivity index (χ0) is 23.0. The Morgan fingerprint density at radius 2 is 1.73 bits per heavy atom. The van der Waals surface area contributed by atoms with Crippen molar-refractivity contribution in [2.24, 2.45) is 0 Å². The van der Waals surface area contributed by atoms with Crippen molar-refractivity contribution in [1.82, 2.24) is 19.0 Å². The summed E-state index contributed by atoms with van der Waals surface area (Å²) < 4.78 is 29.5. The maximum absolute atomic E-state index is 13.5. The molecule has 0 unspecified atom stereocenters. The van der Waals surface area contributed by atoms with Crippen LogP contribution in [0.2, 0.25) is 4.34 Å². The van der Waals surface area contributed by atoms with Crippen molar-refractivity contribution in [2.45, 2.75) is 4.21 Å². The van der Waals surface area contributed by atoms with Crippen molar-refractivity contribution in [3.8, 4) is 16.3 Å². The van der Waals surface area contributed by atoms with Crippen molar-refractivity contribution in [3.63, 3.8) is 0 Å². The van der Waals surface area contributed by atoms with Crippen LogP contribution in [0.5, 0.6) is 0 Å². The first-order valence-corrected chi connectivity index (χ1v) is 13.7. The monoisotopic (exact) mass is 518 g/mol. The van der Waals surface area contributed by atoms with Crippen molar-refractivity contribution in [1.29, 1.82) is 0 Å². The third-order valence-corrected chi connectivity index (χ3v) is 9.86. The summed E-state index contributed by atoms with van der Waals surface area (Å²) >= 11 is 8.52. The number of sulfonamides is 1. The third kappa shape index (κ3) is 4.36. The molecule has 11 heteroatoms. The summed E-state index contributed by atoms with van der Waals surface area (Å²) in [4.78, 5) is 16.2. The Bertz CT molecular complexity index is 1370. The summed E-state index contributed by atoms with van der Waals surface area (Å²) in [7, 11) is -3.62. The number of halogens is 1. The Hall–Kier alpha value is -2.50. The molecule has 1 aromatic carbocycles. The van der Waals surface area contributed by atoms with E-state index in [1.807, 2.05) is 47.8 Å². The van der Waals surface area contributed by atoms with E-state index in [1.54, 1.807) is 33.1 Å². The molecule has 0 aliphatic carbocycles. The van der Waals surface area contributed by atoms with Crippen LogP contribution in [0.25, 0.3) is 16.3 Å². The van der Waals surface area contributed by atoms with Gasteiger partial charge in [0, 0.05) is 26.2 Å². The fraction of sp³-hybridized carbons (Fsp3) is 0.182. The normalized spacial score (nSPS) is 15.1. The van der Waals surface area contributed by atoms with E-state index in [9.17, 15) is 13.2 Å². The quantitative estimate of drug-likeness (QED) is 0.391. The second kappa shape index (κ2) is 9.03. The molecule has 170 valence electrons. The summed E-state index contributed by atoms with van der Waals surface area (Å²) in [5, 5.41) is 6.67. The van der Waals surface area contributed by atoms with Gasteiger partial charge < -0.3 is 4.90 Å². The van der Waals surface area contributed by atoms with Gasteiger partial charge in [-0.15, -0.1) is 22.7 Å². The van der Waals surface area contributed by atoms with Gasteiger partial charge in [0.25, 0.3) is 15.9 Å². The number of aromatic nitrogens is 2. The first-order chi connectivity index (χ1) is 15.9. The highest BCUT2D eigenvalue weighted by atomic mass is 35.5. The highest BCUT2D eigenvalue weighted by Crippen LogP contribution is 2.29. The number of nitrogens with zero attached hydrogens (tertiary/aromatic N) is 4. The summed E-state index contributed by atoms with van der Waals surface area (Å²) in [6.45, 7) is 1.04. The van der Waals surface area contributed by atoms with Crippen LogP contribution < -0.4 is 0 Å². The molecule has 3 aromatic heterocycles. The second-order valence-electron chi connectivity index (χ2n) is 7.39. The standard InChI is InChI=1S/C22H19ClN4O3S3/c23-20-8-9-21(32-20)33(29,30)26-12-10-25(11-13-26)22(28)18-15-17(19-7-4-14-31-19)24-27(18)16-5-2-1-3-6-16/h1-9,14-15H,10-13H2. The first kappa shape index (κ1) is 22.3. The van der Waals surface area contributed by atoms with E-state index in [1.165, 1.54) is 10.4 Å². The lowest BCUT2D eigenvalue weighted by Gasteiger charge is -2.33. The third-order valence-electron chi connectivity index (χ3n) is 5.37. The maximum atomic E-state index is 13.5. The Labute approximate surface area is 204 Å². The SMILES string of the molecule is O=C(c1cc(-c2cccs2)nn1-c1ccccc1)N1CCN(S(=O)(=O)c2ccc(Cl)s2)CC1. The van der Waals surface area contributed by atoms with Gasteiger partial charge in [0.1, 0.15) is 15.6 Å². The topological polar surface area (TPSA) is 75.5 Å². The molecule has 4 heterocycles. The van der Waals surface area contributed by atoms with E-state index in [0.29, 0.717) is 23.1 Å². The minimum atomic E-state index is -3.62. The maximum Gasteiger partial charge on any atom is 0.272 e. The van der Waals surface area contributed by atoms with Crippen LogP contribution in [0.3, 0.4) is 0 Å².